The Morgan fingerprint density at radius 2 is 2.11 bits per heavy atom. The Kier molecular flexibility index (Phi) is 4.66. The number of aryl methyl sites for hydroxylation is 1. The third-order valence-corrected chi connectivity index (χ3v) is 4.32. The molecule has 0 saturated heterocycles. The highest BCUT2D eigenvalue weighted by Crippen LogP contribution is 2.34. The first-order valence-electron chi connectivity index (χ1n) is 6.36. The fourth-order valence-electron chi connectivity index (χ4n) is 1.83. The molecule has 19 heavy (non-hydrogen) atoms. The molecule has 0 aliphatic rings. The van der Waals surface area contributed by atoms with Crippen LogP contribution in [0.4, 0.5) is 4.39 Å². The summed E-state index contributed by atoms with van der Waals surface area (Å²) in [4.78, 5) is 2.09. The van der Waals surface area contributed by atoms with Crippen LogP contribution in [-0.2, 0) is 6.42 Å². The van der Waals surface area contributed by atoms with Gasteiger partial charge in [-0.05, 0) is 49.6 Å². The van der Waals surface area contributed by atoms with Gasteiger partial charge in [0.2, 0.25) is 0 Å². The molecule has 0 amide bonds. The van der Waals surface area contributed by atoms with E-state index < -0.39 is 0 Å². The highest BCUT2D eigenvalue weighted by atomic mass is 32.2. The van der Waals surface area contributed by atoms with E-state index in [1.165, 1.54) is 6.07 Å². The standard InChI is InChI=1S/C15H18FNOS/c1-3-13(17)9-11-8-12(16)4-5-15(11)19-14-6-7-18-10(14)2/h4-8,13H,3,9,17H2,1-2H3. The SMILES string of the molecule is CCC(N)Cc1cc(F)ccc1Sc1ccoc1C. The third kappa shape index (κ3) is 3.61. The van der Waals surface area contributed by atoms with Crippen molar-refractivity contribution in [1.82, 2.24) is 0 Å². The van der Waals surface area contributed by atoms with Crippen molar-refractivity contribution in [3.63, 3.8) is 0 Å². The summed E-state index contributed by atoms with van der Waals surface area (Å²) in [6, 6.07) is 6.86. The van der Waals surface area contributed by atoms with Crippen molar-refractivity contribution in [2.75, 3.05) is 0 Å². The number of rotatable bonds is 5. The van der Waals surface area contributed by atoms with Crippen LogP contribution in [0, 0.1) is 12.7 Å². The summed E-state index contributed by atoms with van der Waals surface area (Å²) >= 11 is 1.59. The van der Waals surface area contributed by atoms with Crippen molar-refractivity contribution >= 4 is 11.8 Å². The van der Waals surface area contributed by atoms with Gasteiger partial charge < -0.3 is 10.2 Å². The van der Waals surface area contributed by atoms with E-state index in [0.29, 0.717) is 6.42 Å². The Morgan fingerprint density at radius 1 is 1.32 bits per heavy atom. The lowest BCUT2D eigenvalue weighted by atomic mass is 10.0. The largest absolute Gasteiger partial charge is 0.468 e. The lowest BCUT2D eigenvalue weighted by molar-refractivity contribution is 0.527. The number of benzene rings is 1. The second kappa shape index (κ2) is 6.26. The summed E-state index contributed by atoms with van der Waals surface area (Å²) in [7, 11) is 0. The summed E-state index contributed by atoms with van der Waals surface area (Å²) in [6.45, 7) is 3.96. The normalized spacial score (nSPS) is 12.6. The van der Waals surface area contributed by atoms with E-state index in [9.17, 15) is 4.39 Å². The van der Waals surface area contributed by atoms with E-state index in [2.05, 4.69) is 0 Å². The Bertz CT molecular complexity index is 553. The van der Waals surface area contributed by atoms with Crippen LogP contribution in [0.25, 0.3) is 0 Å². The van der Waals surface area contributed by atoms with E-state index in [0.717, 1.165) is 27.5 Å². The predicted octanol–water partition coefficient (Wildman–Crippen LogP) is 4.16. The molecule has 2 aromatic rings. The minimum atomic E-state index is -0.216. The highest BCUT2D eigenvalue weighted by Gasteiger charge is 2.11. The van der Waals surface area contributed by atoms with Gasteiger partial charge in [0.1, 0.15) is 11.6 Å². The number of halogens is 1. The fraction of sp³-hybridized carbons (Fsp3) is 0.333. The Balaban J connectivity index is 2.26. The van der Waals surface area contributed by atoms with Crippen LogP contribution < -0.4 is 5.73 Å². The second-order valence-electron chi connectivity index (χ2n) is 4.57. The minimum absolute atomic E-state index is 0.0617. The summed E-state index contributed by atoms with van der Waals surface area (Å²) in [5, 5.41) is 0. The zero-order valence-corrected chi connectivity index (χ0v) is 12.0. The van der Waals surface area contributed by atoms with Gasteiger partial charge in [-0.3, -0.25) is 0 Å². The van der Waals surface area contributed by atoms with Crippen LogP contribution in [0.5, 0.6) is 0 Å². The van der Waals surface area contributed by atoms with E-state index in [-0.39, 0.29) is 11.9 Å². The molecule has 0 radical (unpaired) electrons. The first-order chi connectivity index (χ1) is 9.10. The van der Waals surface area contributed by atoms with Crippen molar-refractivity contribution < 1.29 is 8.81 Å². The number of hydrogen-bond acceptors (Lipinski definition) is 3. The number of hydrogen-bond donors (Lipinski definition) is 1. The molecule has 0 aliphatic carbocycles. The van der Waals surface area contributed by atoms with Gasteiger partial charge in [-0.1, -0.05) is 18.7 Å². The summed E-state index contributed by atoms with van der Waals surface area (Å²) in [5.74, 6) is 0.659. The van der Waals surface area contributed by atoms with Crippen molar-refractivity contribution in [1.29, 1.82) is 0 Å². The maximum absolute atomic E-state index is 13.4. The molecule has 1 aromatic heterocycles. The maximum atomic E-state index is 13.4. The molecule has 1 unspecified atom stereocenters. The van der Waals surface area contributed by atoms with Crippen LogP contribution in [-0.4, -0.2) is 6.04 Å². The lowest BCUT2D eigenvalue weighted by Crippen LogP contribution is -2.21. The van der Waals surface area contributed by atoms with E-state index >= 15 is 0 Å². The molecule has 0 spiro atoms. The van der Waals surface area contributed by atoms with Crippen LogP contribution >= 0.6 is 11.8 Å². The molecule has 0 aliphatic heterocycles. The summed E-state index contributed by atoms with van der Waals surface area (Å²) < 4.78 is 18.7. The van der Waals surface area contributed by atoms with Gasteiger partial charge in [0, 0.05) is 10.9 Å². The second-order valence-corrected chi connectivity index (χ2v) is 5.65. The van der Waals surface area contributed by atoms with Gasteiger partial charge in [-0.2, -0.15) is 0 Å². The number of furan rings is 1. The summed E-state index contributed by atoms with van der Waals surface area (Å²) in [6.07, 6.45) is 3.23. The molecule has 0 fully saturated rings. The first-order valence-corrected chi connectivity index (χ1v) is 7.17. The zero-order valence-electron chi connectivity index (χ0n) is 11.2. The van der Waals surface area contributed by atoms with E-state index in [1.807, 2.05) is 26.0 Å². The van der Waals surface area contributed by atoms with Gasteiger partial charge in [0.05, 0.1) is 11.2 Å². The molecule has 2 rings (SSSR count). The lowest BCUT2D eigenvalue weighted by Gasteiger charge is -2.13. The topological polar surface area (TPSA) is 39.2 Å². The van der Waals surface area contributed by atoms with Crippen LogP contribution in [0.1, 0.15) is 24.7 Å². The smallest absolute Gasteiger partial charge is 0.123 e. The summed E-state index contributed by atoms with van der Waals surface area (Å²) in [5.41, 5.74) is 6.94. The van der Waals surface area contributed by atoms with Crippen LogP contribution in [0.2, 0.25) is 0 Å². The average Bonchev–Trinajstić information content (AvgIpc) is 2.78. The maximum Gasteiger partial charge on any atom is 0.123 e. The molecular weight excluding hydrogens is 261 g/mol. The van der Waals surface area contributed by atoms with E-state index in [4.69, 9.17) is 10.2 Å². The third-order valence-electron chi connectivity index (χ3n) is 3.06. The molecule has 1 heterocycles. The Hall–Kier alpha value is -1.26. The van der Waals surface area contributed by atoms with Gasteiger partial charge in [0.15, 0.2) is 0 Å². The van der Waals surface area contributed by atoms with Gasteiger partial charge in [-0.25, -0.2) is 4.39 Å². The van der Waals surface area contributed by atoms with Gasteiger partial charge >= 0.3 is 0 Å². The number of nitrogens with two attached hydrogens (primary N) is 1. The zero-order chi connectivity index (χ0) is 13.8. The average molecular weight is 279 g/mol. The Labute approximate surface area is 117 Å². The van der Waals surface area contributed by atoms with Crippen LogP contribution in [0.15, 0.2) is 44.7 Å². The molecule has 1 aromatic carbocycles. The van der Waals surface area contributed by atoms with Crippen LogP contribution in [0.3, 0.4) is 0 Å². The molecule has 2 nitrogen and oxygen atoms in total. The minimum Gasteiger partial charge on any atom is -0.468 e. The van der Waals surface area contributed by atoms with Crippen molar-refractivity contribution in [3.8, 4) is 0 Å². The molecule has 4 heteroatoms. The molecule has 0 bridgehead atoms. The quantitative estimate of drug-likeness (QED) is 0.893. The fourth-order valence-corrected chi connectivity index (χ4v) is 2.79. The molecule has 1 atom stereocenters. The van der Waals surface area contributed by atoms with E-state index in [1.54, 1.807) is 24.1 Å². The predicted molar refractivity (Wildman–Crippen MR) is 75.9 cm³/mol. The molecule has 102 valence electrons. The highest BCUT2D eigenvalue weighted by molar-refractivity contribution is 7.99. The van der Waals surface area contributed by atoms with Gasteiger partial charge in [0.25, 0.3) is 0 Å². The Morgan fingerprint density at radius 3 is 2.74 bits per heavy atom. The monoisotopic (exact) mass is 279 g/mol. The molecule has 0 saturated carbocycles. The first kappa shape index (κ1) is 14.2. The van der Waals surface area contributed by atoms with Crippen molar-refractivity contribution in [2.24, 2.45) is 5.73 Å². The molecule has 2 N–H and O–H groups in total. The van der Waals surface area contributed by atoms with Gasteiger partial charge in [-0.15, -0.1) is 0 Å². The van der Waals surface area contributed by atoms with Crippen molar-refractivity contribution in [2.45, 2.75) is 42.5 Å². The van der Waals surface area contributed by atoms with Crippen molar-refractivity contribution in [3.05, 3.63) is 47.7 Å². The molecular formula is C15H18FNOS.